The van der Waals surface area contributed by atoms with Crippen LogP contribution in [-0.4, -0.2) is 61.9 Å². The highest BCUT2D eigenvalue weighted by atomic mass is 79.9. The van der Waals surface area contributed by atoms with Gasteiger partial charge in [0.05, 0.1) is 38.5 Å². The van der Waals surface area contributed by atoms with E-state index >= 15 is 0 Å². The van der Waals surface area contributed by atoms with Crippen LogP contribution in [-0.2, 0) is 5.60 Å². The zero-order valence-electron chi connectivity index (χ0n) is 22.7. The molecule has 0 aliphatic heterocycles. The first kappa shape index (κ1) is 27.8. The molecule has 0 saturated carbocycles. The van der Waals surface area contributed by atoms with Crippen LogP contribution >= 0.6 is 15.9 Å². The molecule has 4 aromatic rings. The van der Waals surface area contributed by atoms with Gasteiger partial charge in [0, 0.05) is 33.2 Å². The predicted molar refractivity (Wildman–Crippen MR) is 153 cm³/mol. The largest absolute Gasteiger partial charge is 0.493 e. The van der Waals surface area contributed by atoms with Gasteiger partial charge in [0.25, 0.3) is 0 Å². The van der Waals surface area contributed by atoms with Crippen molar-refractivity contribution >= 4 is 26.8 Å². The fraction of sp³-hybridized carbons (Fsp3) is 0.333. The average molecular weight is 581 g/mol. The van der Waals surface area contributed by atoms with E-state index in [9.17, 15) is 5.11 Å². The maximum atomic E-state index is 12.9. The van der Waals surface area contributed by atoms with Crippen molar-refractivity contribution in [3.8, 4) is 17.4 Å². The third kappa shape index (κ3) is 5.48. The molecule has 2 unspecified atom stereocenters. The molecule has 2 aromatic carbocycles. The number of para-hydroxylation sites is 1. The number of nitrogens with zero attached hydrogens (tertiary/aromatic N) is 3. The van der Waals surface area contributed by atoms with E-state index in [0.717, 1.165) is 26.6 Å². The van der Waals surface area contributed by atoms with Crippen LogP contribution in [0.3, 0.4) is 0 Å². The quantitative estimate of drug-likeness (QED) is 0.258. The van der Waals surface area contributed by atoms with Crippen LogP contribution < -0.4 is 14.2 Å². The first-order valence-corrected chi connectivity index (χ1v) is 13.2. The van der Waals surface area contributed by atoms with Crippen LogP contribution in [0.1, 0.15) is 34.9 Å². The van der Waals surface area contributed by atoms with Crippen LogP contribution in [0.4, 0.5) is 0 Å². The number of ether oxygens (including phenoxy) is 3. The minimum Gasteiger partial charge on any atom is -0.493 e. The number of aryl methyl sites for hydroxylation is 1. The predicted octanol–water partition coefficient (Wildman–Crippen LogP) is 5.70. The molecule has 1 N–H and O–H groups in total. The second kappa shape index (κ2) is 11.7. The van der Waals surface area contributed by atoms with E-state index in [1.165, 1.54) is 0 Å². The lowest BCUT2D eigenvalue weighted by molar-refractivity contribution is -0.000985. The Balaban J connectivity index is 2.11. The van der Waals surface area contributed by atoms with Gasteiger partial charge in [-0.25, -0.2) is 4.98 Å². The summed E-state index contributed by atoms with van der Waals surface area (Å²) in [5.41, 5.74) is 2.17. The highest BCUT2D eigenvalue weighted by Gasteiger charge is 2.45. The smallest absolute Gasteiger partial charge is 0.217 e. The third-order valence-corrected chi connectivity index (χ3v) is 7.26. The van der Waals surface area contributed by atoms with Crippen LogP contribution in [0.25, 0.3) is 10.9 Å². The lowest BCUT2D eigenvalue weighted by atomic mass is 9.73. The number of hydrogen-bond acceptors (Lipinski definition) is 7. The zero-order chi connectivity index (χ0) is 27.4. The normalized spacial score (nSPS) is 13.8. The monoisotopic (exact) mass is 579 g/mol. The summed E-state index contributed by atoms with van der Waals surface area (Å²) in [5.74, 6) is 0.864. The lowest BCUT2D eigenvalue weighted by Gasteiger charge is -2.38. The molecular formula is C30H34BrN3O4. The summed E-state index contributed by atoms with van der Waals surface area (Å²) in [6.45, 7) is 2.54. The van der Waals surface area contributed by atoms with Crippen LogP contribution in [0.2, 0.25) is 0 Å². The third-order valence-electron chi connectivity index (χ3n) is 6.77. The molecule has 2 aromatic heterocycles. The van der Waals surface area contributed by atoms with E-state index in [-0.39, 0.29) is 0 Å². The molecule has 0 fully saturated rings. The Labute approximate surface area is 232 Å². The number of aliphatic hydroxyl groups is 1. The Morgan fingerprint density at radius 1 is 0.921 bits per heavy atom. The molecular weight excluding hydrogens is 546 g/mol. The van der Waals surface area contributed by atoms with E-state index < -0.39 is 11.5 Å². The van der Waals surface area contributed by atoms with Crippen LogP contribution in [0, 0.1) is 6.92 Å². The van der Waals surface area contributed by atoms with Crippen molar-refractivity contribution < 1.29 is 19.3 Å². The molecule has 0 aliphatic carbocycles. The summed E-state index contributed by atoms with van der Waals surface area (Å²) in [4.78, 5) is 11.7. The van der Waals surface area contributed by atoms with Crippen LogP contribution in [0.15, 0.2) is 65.1 Å². The second-order valence-corrected chi connectivity index (χ2v) is 10.5. The molecule has 0 aliphatic rings. The molecule has 4 rings (SSSR count). The highest BCUT2D eigenvalue weighted by molar-refractivity contribution is 9.10. The summed E-state index contributed by atoms with van der Waals surface area (Å²) < 4.78 is 18.3. The van der Waals surface area contributed by atoms with E-state index in [1.54, 1.807) is 21.3 Å². The SMILES string of the molecule is COc1cccc(C(c2cc3cc(Br)ccc3nc2OC)C(O)(CCN(C)C)c2cccc(C)n2)c1OC. The van der Waals surface area contributed by atoms with Crippen molar-refractivity contribution in [1.29, 1.82) is 0 Å². The maximum absolute atomic E-state index is 12.9. The number of benzene rings is 2. The van der Waals surface area contributed by atoms with Gasteiger partial charge in [-0.3, -0.25) is 4.98 Å². The van der Waals surface area contributed by atoms with Gasteiger partial charge in [0.1, 0.15) is 5.60 Å². The minimum atomic E-state index is -1.45. The van der Waals surface area contributed by atoms with Gasteiger partial charge in [0.2, 0.25) is 5.88 Å². The summed E-state index contributed by atoms with van der Waals surface area (Å²) in [7, 11) is 8.78. The van der Waals surface area contributed by atoms with Gasteiger partial charge in [-0.1, -0.05) is 34.1 Å². The van der Waals surface area contributed by atoms with Gasteiger partial charge in [-0.2, -0.15) is 0 Å². The molecule has 0 radical (unpaired) electrons. The molecule has 8 heteroatoms. The van der Waals surface area contributed by atoms with Gasteiger partial charge in [0.15, 0.2) is 11.5 Å². The van der Waals surface area contributed by atoms with E-state index in [4.69, 9.17) is 24.2 Å². The number of pyridine rings is 2. The van der Waals surface area contributed by atoms with Crippen molar-refractivity contribution in [1.82, 2.24) is 14.9 Å². The highest BCUT2D eigenvalue weighted by Crippen LogP contribution is 2.51. The molecule has 38 heavy (non-hydrogen) atoms. The minimum absolute atomic E-state index is 0.390. The number of aromatic nitrogens is 2. The standard InChI is InChI=1S/C30H34BrN3O4/c1-19-9-7-12-26(32-19)30(35,15-16-34(2)3)27(22-10-8-11-25(36-4)28(22)37-5)23-18-20-17-21(31)13-14-24(20)33-29(23)38-6/h7-14,17-18,27,35H,15-16H2,1-6H3. The Kier molecular flexibility index (Phi) is 8.55. The number of hydrogen-bond donors (Lipinski definition) is 1. The molecule has 200 valence electrons. The maximum Gasteiger partial charge on any atom is 0.217 e. The molecule has 0 spiro atoms. The van der Waals surface area contributed by atoms with E-state index in [2.05, 4.69) is 15.9 Å². The zero-order valence-corrected chi connectivity index (χ0v) is 24.2. The number of rotatable bonds is 10. The van der Waals surface area contributed by atoms with Crippen molar-refractivity contribution in [3.05, 3.63) is 87.7 Å². The topological polar surface area (TPSA) is 76.9 Å². The summed E-state index contributed by atoms with van der Waals surface area (Å²) in [5, 5.41) is 13.8. The summed E-state index contributed by atoms with van der Waals surface area (Å²) in [6.07, 6.45) is 0.390. The van der Waals surface area contributed by atoms with Crippen molar-refractivity contribution in [2.24, 2.45) is 0 Å². The van der Waals surface area contributed by atoms with Crippen LogP contribution in [0.5, 0.6) is 17.4 Å². The first-order chi connectivity index (χ1) is 18.2. The Morgan fingerprint density at radius 2 is 1.68 bits per heavy atom. The fourth-order valence-electron chi connectivity index (χ4n) is 4.94. The Bertz CT molecular complexity index is 1430. The fourth-order valence-corrected chi connectivity index (χ4v) is 5.31. The number of halogens is 1. The second-order valence-electron chi connectivity index (χ2n) is 9.58. The molecule has 0 amide bonds. The number of fused-ring (bicyclic) bond motifs is 1. The molecule has 2 atom stereocenters. The lowest BCUT2D eigenvalue weighted by Crippen LogP contribution is -2.39. The van der Waals surface area contributed by atoms with E-state index in [0.29, 0.717) is 41.6 Å². The number of methoxy groups -OCH3 is 3. The molecule has 2 heterocycles. The van der Waals surface area contributed by atoms with Gasteiger partial charge < -0.3 is 24.2 Å². The summed E-state index contributed by atoms with van der Waals surface area (Å²) >= 11 is 3.58. The molecule has 0 bridgehead atoms. The van der Waals surface area contributed by atoms with Gasteiger partial charge >= 0.3 is 0 Å². The molecule has 0 saturated heterocycles. The van der Waals surface area contributed by atoms with Crippen molar-refractivity contribution in [2.75, 3.05) is 42.0 Å². The summed E-state index contributed by atoms with van der Waals surface area (Å²) in [6, 6.07) is 19.3. The average Bonchev–Trinajstić information content (AvgIpc) is 2.91. The van der Waals surface area contributed by atoms with E-state index in [1.807, 2.05) is 86.6 Å². The first-order valence-electron chi connectivity index (χ1n) is 12.4. The van der Waals surface area contributed by atoms with Crippen molar-refractivity contribution in [3.63, 3.8) is 0 Å². The van der Waals surface area contributed by atoms with Gasteiger partial charge in [-0.05, 0) is 69.9 Å². The molecule has 7 nitrogen and oxygen atoms in total. The van der Waals surface area contributed by atoms with Crippen molar-refractivity contribution in [2.45, 2.75) is 24.9 Å². The Morgan fingerprint density at radius 3 is 2.34 bits per heavy atom. The Hall–Kier alpha value is -3.20. The van der Waals surface area contributed by atoms with Gasteiger partial charge in [-0.15, -0.1) is 0 Å².